The van der Waals surface area contributed by atoms with Crippen molar-refractivity contribution >= 4 is 75.4 Å². The van der Waals surface area contributed by atoms with E-state index in [1.807, 2.05) is 0 Å². The van der Waals surface area contributed by atoms with Gasteiger partial charge >= 0.3 is 0 Å². The van der Waals surface area contributed by atoms with Gasteiger partial charge < -0.3 is 0 Å². The second kappa shape index (κ2) is 12.4. The lowest BCUT2D eigenvalue weighted by atomic mass is 9.87. The molecule has 0 N–H and O–H groups in total. The minimum atomic E-state index is 0.934. The molecule has 0 unspecified atom stereocenters. The Labute approximate surface area is 353 Å². The molecule has 0 bridgehead atoms. The highest BCUT2D eigenvalue weighted by Crippen LogP contribution is 2.47. The van der Waals surface area contributed by atoms with E-state index in [1.165, 1.54) is 142 Å². The van der Waals surface area contributed by atoms with Crippen LogP contribution in [0.25, 0.3) is 131 Å². The summed E-state index contributed by atoms with van der Waals surface area (Å²) in [5, 5.41) is 18.5. The van der Waals surface area contributed by atoms with Gasteiger partial charge in [-0.15, -0.1) is 0 Å². The Hall–Kier alpha value is -7.80. The van der Waals surface area contributed by atoms with Gasteiger partial charge in [0.2, 0.25) is 0 Å². The van der Waals surface area contributed by atoms with Crippen LogP contribution >= 0.6 is 0 Å². The van der Waals surface area contributed by atoms with Crippen LogP contribution in [0.15, 0.2) is 206 Å². The third-order valence-corrected chi connectivity index (χ3v) is 14.0. The minimum Gasteiger partial charge on any atom is -0.0622 e. The van der Waals surface area contributed by atoms with E-state index in [0.717, 1.165) is 6.42 Å². The lowest BCUT2D eigenvalue weighted by Crippen LogP contribution is -1.90. The van der Waals surface area contributed by atoms with E-state index in [2.05, 4.69) is 206 Å². The first-order valence-corrected chi connectivity index (χ1v) is 21.5. The smallest absolute Gasteiger partial charge is 0.000706 e. The molecule has 13 aromatic carbocycles. The van der Waals surface area contributed by atoms with Crippen LogP contribution in [0, 0.1) is 0 Å². The van der Waals surface area contributed by atoms with Gasteiger partial charge in [0, 0.05) is 0 Å². The Morgan fingerprint density at radius 2 is 0.590 bits per heavy atom. The van der Waals surface area contributed by atoms with Crippen molar-refractivity contribution in [2.45, 2.75) is 6.42 Å². The zero-order chi connectivity index (χ0) is 39.8. The van der Waals surface area contributed by atoms with Gasteiger partial charge in [-0.3, -0.25) is 0 Å². The molecule has 0 heterocycles. The molecule has 0 saturated carbocycles. The van der Waals surface area contributed by atoms with Crippen LogP contribution in [-0.4, -0.2) is 0 Å². The summed E-state index contributed by atoms with van der Waals surface area (Å²) in [4.78, 5) is 0. The van der Waals surface area contributed by atoms with Gasteiger partial charge in [-0.1, -0.05) is 200 Å². The third-order valence-electron chi connectivity index (χ3n) is 14.0. The molecule has 0 fully saturated rings. The first-order valence-electron chi connectivity index (χ1n) is 21.5. The molecule has 0 spiro atoms. The summed E-state index contributed by atoms with van der Waals surface area (Å²) in [5.41, 5.74) is 15.8. The Kier molecular flexibility index (Phi) is 6.70. The maximum atomic E-state index is 2.46. The number of rotatable bonds is 4. The lowest BCUT2D eigenvalue weighted by Gasteiger charge is -2.17. The monoisotopic (exact) mass is 768 g/mol. The van der Waals surface area contributed by atoms with Gasteiger partial charge in [0.25, 0.3) is 0 Å². The van der Waals surface area contributed by atoms with Crippen LogP contribution < -0.4 is 0 Å². The van der Waals surface area contributed by atoms with E-state index in [1.54, 1.807) is 0 Å². The number of fused-ring (bicyclic) bond motifs is 5. The molecule has 13 aromatic rings. The van der Waals surface area contributed by atoms with Crippen molar-refractivity contribution in [3.8, 4) is 55.6 Å². The van der Waals surface area contributed by atoms with Gasteiger partial charge in [-0.2, -0.15) is 0 Å². The van der Waals surface area contributed by atoms with Crippen molar-refractivity contribution in [1.82, 2.24) is 0 Å². The summed E-state index contributed by atoms with van der Waals surface area (Å²) in [7, 11) is 0. The number of hydrogen-bond donors (Lipinski definition) is 0. The average Bonchev–Trinajstić information content (AvgIpc) is 3.71. The van der Waals surface area contributed by atoms with Crippen LogP contribution in [0.5, 0.6) is 0 Å². The molecule has 0 saturated heterocycles. The molecule has 61 heavy (non-hydrogen) atoms. The van der Waals surface area contributed by atoms with Crippen LogP contribution in [0.4, 0.5) is 0 Å². The number of benzene rings is 13. The van der Waals surface area contributed by atoms with Crippen LogP contribution in [0.2, 0.25) is 0 Å². The van der Waals surface area contributed by atoms with Gasteiger partial charge in [0.15, 0.2) is 0 Å². The Morgan fingerprint density at radius 3 is 1.08 bits per heavy atom. The molecule has 0 atom stereocenters. The molecule has 1 aliphatic rings. The summed E-state index contributed by atoms with van der Waals surface area (Å²) >= 11 is 0. The quantitative estimate of drug-likeness (QED) is 0.156. The first kappa shape index (κ1) is 33.1. The SMILES string of the molecule is c1ccc(-c2ccc3ccc4c(-c5ccc6c(c5)Cc5c-6ccc6cc(-c7ccc8ccc9c(-c%10ccccc%10)ccc%10ccc7c8c%109)ccc56)ccc5ccc2c3c54)cc1. The van der Waals surface area contributed by atoms with E-state index in [0.29, 0.717) is 0 Å². The Balaban J connectivity index is 0.855. The average molecular weight is 769 g/mol. The molecular formula is C61H36. The molecule has 14 rings (SSSR count). The van der Waals surface area contributed by atoms with Crippen molar-refractivity contribution in [1.29, 1.82) is 0 Å². The van der Waals surface area contributed by atoms with Crippen molar-refractivity contribution in [3.63, 3.8) is 0 Å². The van der Waals surface area contributed by atoms with E-state index in [4.69, 9.17) is 0 Å². The molecule has 280 valence electrons. The second-order valence-corrected chi connectivity index (χ2v) is 17.1. The van der Waals surface area contributed by atoms with Gasteiger partial charge in [0.05, 0.1) is 0 Å². The zero-order valence-electron chi connectivity index (χ0n) is 33.3. The Morgan fingerprint density at radius 1 is 0.230 bits per heavy atom. The highest BCUT2D eigenvalue weighted by Gasteiger charge is 2.23. The fourth-order valence-electron chi connectivity index (χ4n) is 11.2. The zero-order valence-corrected chi connectivity index (χ0v) is 33.3. The standard InChI is InChI=1S/C61H36/c1-3-7-36(8-4-1)46-22-11-38-17-31-55-48(24-13-40-15-29-53(46)58(38)60(40)55)42-19-26-50-43(33-42)21-28-52-51-27-20-44(34-45(51)35-57(50)52)49-25-14-41-16-30-54-47(37-9-5-2-6-10-37)23-12-39-18-32-56(49)61(41)59(39)54/h1-34H,35H2. The molecule has 0 aromatic heterocycles. The predicted octanol–water partition coefficient (Wildman–Crippen LogP) is 16.9. The molecule has 0 heteroatoms. The van der Waals surface area contributed by atoms with Gasteiger partial charge in [0.1, 0.15) is 0 Å². The predicted molar refractivity (Wildman–Crippen MR) is 261 cm³/mol. The van der Waals surface area contributed by atoms with Crippen LogP contribution in [0.1, 0.15) is 11.1 Å². The van der Waals surface area contributed by atoms with E-state index in [9.17, 15) is 0 Å². The summed E-state index contributed by atoms with van der Waals surface area (Å²) in [6.07, 6.45) is 0.934. The third kappa shape index (κ3) is 4.71. The highest BCUT2D eigenvalue weighted by molar-refractivity contribution is 6.29. The van der Waals surface area contributed by atoms with Crippen molar-refractivity contribution in [2.75, 3.05) is 0 Å². The topological polar surface area (TPSA) is 0 Å². The normalized spacial score (nSPS) is 12.5. The molecule has 0 nitrogen and oxygen atoms in total. The summed E-state index contributed by atoms with van der Waals surface area (Å²) in [5.74, 6) is 0. The second-order valence-electron chi connectivity index (χ2n) is 17.1. The van der Waals surface area contributed by atoms with Gasteiger partial charge in [-0.25, -0.2) is 0 Å². The molecule has 0 aliphatic heterocycles. The van der Waals surface area contributed by atoms with Crippen molar-refractivity contribution < 1.29 is 0 Å². The minimum absolute atomic E-state index is 0.934. The summed E-state index contributed by atoms with van der Waals surface area (Å²) in [6, 6.07) is 77.6. The fourth-order valence-corrected chi connectivity index (χ4v) is 11.2. The molecule has 1 aliphatic carbocycles. The summed E-state index contributed by atoms with van der Waals surface area (Å²) < 4.78 is 0. The largest absolute Gasteiger partial charge is 0.0622 e. The van der Waals surface area contributed by atoms with Crippen LogP contribution in [0.3, 0.4) is 0 Å². The van der Waals surface area contributed by atoms with E-state index in [-0.39, 0.29) is 0 Å². The van der Waals surface area contributed by atoms with E-state index < -0.39 is 0 Å². The maximum Gasteiger partial charge on any atom is -0.000706 e. The maximum absolute atomic E-state index is 2.46. The first-order chi connectivity index (χ1) is 30.2. The highest BCUT2D eigenvalue weighted by atomic mass is 14.3. The fraction of sp³-hybridized carbons (Fsp3) is 0.0164. The van der Waals surface area contributed by atoms with Crippen LogP contribution in [-0.2, 0) is 6.42 Å². The van der Waals surface area contributed by atoms with E-state index >= 15 is 0 Å². The molecular weight excluding hydrogens is 733 g/mol. The summed E-state index contributed by atoms with van der Waals surface area (Å²) in [6.45, 7) is 0. The van der Waals surface area contributed by atoms with Gasteiger partial charge in [-0.05, 0) is 155 Å². The molecule has 0 radical (unpaired) electrons. The number of hydrogen-bond acceptors (Lipinski definition) is 0. The molecule has 0 amide bonds. The Bertz CT molecular complexity index is 3930. The van der Waals surface area contributed by atoms with Crippen molar-refractivity contribution in [2.24, 2.45) is 0 Å². The lowest BCUT2D eigenvalue weighted by molar-refractivity contribution is 1.28. The van der Waals surface area contributed by atoms with Crippen molar-refractivity contribution in [3.05, 3.63) is 217 Å².